The molecule has 1 aromatic heterocycles. The maximum absolute atomic E-state index is 13.2. The number of hydrogen-bond donors (Lipinski definition) is 0. The largest absolute Gasteiger partial charge is 0.494 e. The van der Waals surface area contributed by atoms with E-state index in [9.17, 15) is 14.9 Å². The zero-order valence-corrected chi connectivity index (χ0v) is 20.0. The zero-order valence-electron chi connectivity index (χ0n) is 20.0. The molecule has 2 aliphatic rings. The minimum atomic E-state index is -0.145. The van der Waals surface area contributed by atoms with Crippen molar-refractivity contribution >= 4 is 28.5 Å². The van der Waals surface area contributed by atoms with Crippen LogP contribution < -0.4 is 9.64 Å². The molecule has 3 heterocycles. The van der Waals surface area contributed by atoms with Crippen LogP contribution >= 0.6 is 0 Å². The molecule has 2 saturated heterocycles. The number of benzene rings is 1. The second kappa shape index (κ2) is 10.7. The van der Waals surface area contributed by atoms with Crippen LogP contribution in [0.1, 0.15) is 45.1 Å². The first kappa shape index (κ1) is 23.8. The third-order valence-electron chi connectivity index (χ3n) is 6.83. The number of ether oxygens (including phenoxy) is 2. The molecule has 4 rings (SSSR count). The molecular formula is C26H32N4O4. The highest BCUT2D eigenvalue weighted by Gasteiger charge is 2.33. The van der Waals surface area contributed by atoms with Gasteiger partial charge in [0.15, 0.2) is 0 Å². The number of amides is 1. The fourth-order valence-corrected chi connectivity index (χ4v) is 5.04. The van der Waals surface area contributed by atoms with Gasteiger partial charge in [0.1, 0.15) is 11.8 Å². The van der Waals surface area contributed by atoms with Gasteiger partial charge in [0.05, 0.1) is 35.9 Å². The summed E-state index contributed by atoms with van der Waals surface area (Å²) in [4.78, 5) is 33.7. The molecule has 2 aromatic rings. The summed E-state index contributed by atoms with van der Waals surface area (Å²) in [6.45, 7) is 7.32. The van der Waals surface area contributed by atoms with Crippen LogP contribution in [0.2, 0.25) is 0 Å². The average Bonchev–Trinajstić information content (AvgIpc) is 2.88. The number of pyridine rings is 1. The summed E-state index contributed by atoms with van der Waals surface area (Å²) in [7, 11) is 0. The maximum Gasteiger partial charge on any atom is 0.309 e. The minimum absolute atomic E-state index is 0.0342. The van der Waals surface area contributed by atoms with Gasteiger partial charge in [-0.05, 0) is 57.7 Å². The fraction of sp³-hybridized carbons (Fsp3) is 0.538. The van der Waals surface area contributed by atoms with Crippen molar-refractivity contribution in [2.45, 2.75) is 39.5 Å². The van der Waals surface area contributed by atoms with Crippen molar-refractivity contribution in [2.24, 2.45) is 11.8 Å². The lowest BCUT2D eigenvalue weighted by Crippen LogP contribution is -2.46. The van der Waals surface area contributed by atoms with E-state index in [2.05, 4.69) is 16.0 Å². The van der Waals surface area contributed by atoms with Crippen molar-refractivity contribution in [1.82, 2.24) is 9.88 Å². The van der Waals surface area contributed by atoms with Crippen molar-refractivity contribution < 1.29 is 19.1 Å². The molecule has 1 aromatic carbocycles. The number of aromatic nitrogens is 1. The smallest absolute Gasteiger partial charge is 0.309 e. The van der Waals surface area contributed by atoms with Crippen LogP contribution in [0.4, 0.5) is 5.69 Å². The molecule has 0 atom stereocenters. The summed E-state index contributed by atoms with van der Waals surface area (Å²) in [6.07, 6.45) is 4.43. The zero-order chi connectivity index (χ0) is 24.1. The first-order valence-electron chi connectivity index (χ1n) is 12.2. The molecule has 1 amide bonds. The molecule has 8 heteroatoms. The Morgan fingerprint density at radius 3 is 2.41 bits per heavy atom. The number of carbonyl (C=O) groups is 2. The van der Waals surface area contributed by atoms with Gasteiger partial charge < -0.3 is 19.3 Å². The van der Waals surface area contributed by atoms with Crippen LogP contribution in [0, 0.1) is 23.2 Å². The lowest BCUT2D eigenvalue weighted by molar-refractivity contribution is -0.151. The van der Waals surface area contributed by atoms with Gasteiger partial charge >= 0.3 is 5.97 Å². The number of likely N-dealkylation sites (tertiary alicyclic amines) is 1. The van der Waals surface area contributed by atoms with Crippen molar-refractivity contribution in [3.05, 3.63) is 30.0 Å². The molecule has 8 nitrogen and oxygen atoms in total. The lowest BCUT2D eigenvalue weighted by Gasteiger charge is -2.38. The third-order valence-corrected chi connectivity index (χ3v) is 6.83. The quantitative estimate of drug-likeness (QED) is 0.604. The number of nitrogens with zero attached hydrogens (tertiary/aromatic N) is 4. The molecule has 34 heavy (non-hydrogen) atoms. The second-order valence-corrected chi connectivity index (χ2v) is 8.86. The van der Waals surface area contributed by atoms with Crippen molar-refractivity contribution in [3.8, 4) is 11.8 Å². The Hall–Kier alpha value is -3.34. The number of carbonyl (C=O) groups excluding carboxylic acids is 2. The second-order valence-electron chi connectivity index (χ2n) is 8.86. The Morgan fingerprint density at radius 2 is 1.76 bits per heavy atom. The summed E-state index contributed by atoms with van der Waals surface area (Å²) in [5, 5.41) is 10.6. The molecule has 0 N–H and O–H groups in total. The molecule has 0 bridgehead atoms. The molecule has 0 spiro atoms. The van der Waals surface area contributed by atoms with Crippen LogP contribution in [0.5, 0.6) is 5.75 Å². The van der Waals surface area contributed by atoms with E-state index in [-0.39, 0.29) is 23.7 Å². The Labute approximate surface area is 200 Å². The number of hydrogen-bond acceptors (Lipinski definition) is 7. The average molecular weight is 465 g/mol. The monoisotopic (exact) mass is 464 g/mol. The highest BCUT2D eigenvalue weighted by Crippen LogP contribution is 2.35. The van der Waals surface area contributed by atoms with Gasteiger partial charge in [0.25, 0.3) is 0 Å². The highest BCUT2D eigenvalue weighted by molar-refractivity contribution is 5.95. The first-order valence-corrected chi connectivity index (χ1v) is 12.2. The van der Waals surface area contributed by atoms with Crippen molar-refractivity contribution in [2.75, 3.05) is 44.3 Å². The van der Waals surface area contributed by atoms with E-state index >= 15 is 0 Å². The van der Waals surface area contributed by atoms with Gasteiger partial charge in [-0.3, -0.25) is 14.6 Å². The van der Waals surface area contributed by atoms with Gasteiger partial charge in [-0.15, -0.1) is 0 Å². The Kier molecular flexibility index (Phi) is 7.51. The lowest BCUT2D eigenvalue weighted by atomic mass is 9.91. The third kappa shape index (κ3) is 4.93. The van der Waals surface area contributed by atoms with Gasteiger partial charge in [-0.1, -0.05) is 0 Å². The summed E-state index contributed by atoms with van der Waals surface area (Å²) in [6, 6.07) is 8.05. The number of esters is 1. The molecule has 2 aliphatic heterocycles. The van der Waals surface area contributed by atoms with Gasteiger partial charge in [-0.2, -0.15) is 5.26 Å². The molecule has 0 aliphatic carbocycles. The van der Waals surface area contributed by atoms with Crippen LogP contribution in [-0.2, 0) is 14.3 Å². The summed E-state index contributed by atoms with van der Waals surface area (Å²) >= 11 is 0. The summed E-state index contributed by atoms with van der Waals surface area (Å²) < 4.78 is 10.8. The van der Waals surface area contributed by atoms with Gasteiger partial charge in [0.2, 0.25) is 5.91 Å². The van der Waals surface area contributed by atoms with Gasteiger partial charge in [-0.25, -0.2) is 0 Å². The highest BCUT2D eigenvalue weighted by atomic mass is 16.5. The predicted molar refractivity (Wildman–Crippen MR) is 129 cm³/mol. The van der Waals surface area contributed by atoms with Crippen LogP contribution in [0.3, 0.4) is 0 Å². The number of piperidine rings is 2. The van der Waals surface area contributed by atoms with E-state index in [1.807, 2.05) is 36.9 Å². The van der Waals surface area contributed by atoms with E-state index in [0.29, 0.717) is 57.8 Å². The topological polar surface area (TPSA) is 95.8 Å². The molecule has 0 saturated carbocycles. The maximum atomic E-state index is 13.2. The number of nitriles is 1. The van der Waals surface area contributed by atoms with E-state index < -0.39 is 0 Å². The molecule has 0 radical (unpaired) electrons. The number of anilines is 1. The van der Waals surface area contributed by atoms with Crippen LogP contribution in [0.25, 0.3) is 10.9 Å². The van der Waals surface area contributed by atoms with Crippen molar-refractivity contribution in [3.63, 3.8) is 0 Å². The first-order chi connectivity index (χ1) is 16.5. The van der Waals surface area contributed by atoms with E-state index in [4.69, 9.17) is 9.47 Å². The molecule has 180 valence electrons. The van der Waals surface area contributed by atoms with Crippen molar-refractivity contribution in [1.29, 1.82) is 5.26 Å². The Bertz CT molecular complexity index is 1080. The molecule has 0 unspecified atom stereocenters. The normalized spacial score (nSPS) is 17.4. The summed E-state index contributed by atoms with van der Waals surface area (Å²) in [5.41, 5.74) is 2.22. The van der Waals surface area contributed by atoms with Crippen LogP contribution in [-0.4, -0.2) is 61.2 Å². The van der Waals surface area contributed by atoms with E-state index in [1.54, 1.807) is 6.20 Å². The van der Waals surface area contributed by atoms with Gasteiger partial charge in [0, 0.05) is 43.7 Å². The molecular weight excluding hydrogens is 432 g/mol. The molecule has 2 fully saturated rings. The van der Waals surface area contributed by atoms with E-state index in [1.165, 1.54) is 0 Å². The fourth-order valence-electron chi connectivity index (χ4n) is 5.04. The van der Waals surface area contributed by atoms with Crippen LogP contribution in [0.15, 0.2) is 24.4 Å². The predicted octanol–water partition coefficient (Wildman–Crippen LogP) is 3.52. The number of fused-ring (bicyclic) bond motifs is 1. The number of rotatable bonds is 6. The minimum Gasteiger partial charge on any atom is -0.494 e. The SMILES string of the molecule is CCOC(=O)C1CCN(C(=O)C2CCN(c3c(C#N)cnc4ccc(OCC)cc34)CC2)CC1. The van der Waals surface area contributed by atoms with E-state index in [0.717, 1.165) is 35.2 Å². The summed E-state index contributed by atoms with van der Waals surface area (Å²) in [5.74, 6) is 0.656. The Balaban J connectivity index is 1.43. The Morgan fingerprint density at radius 1 is 1.06 bits per heavy atom. The standard InChI is InChI=1S/C26H32N4O4/c1-3-33-21-5-6-23-22(15-21)24(20(16-27)17-28-23)29-11-7-18(8-12-29)25(31)30-13-9-19(10-14-30)26(32)34-4-2/h5-6,15,17-19H,3-4,7-14H2,1-2H3.